The van der Waals surface area contributed by atoms with E-state index in [1.165, 1.54) is 4.68 Å². The van der Waals surface area contributed by atoms with Gasteiger partial charge in [0.2, 0.25) is 5.91 Å². The first-order valence-corrected chi connectivity index (χ1v) is 6.69. The number of H-pyrrole nitrogens is 1. The van der Waals surface area contributed by atoms with Crippen molar-refractivity contribution in [3.8, 4) is 5.69 Å². The number of tetrazole rings is 1. The van der Waals surface area contributed by atoms with Gasteiger partial charge in [-0.15, -0.1) is 0 Å². The highest BCUT2D eigenvalue weighted by atomic mass is 16.6. The Balaban J connectivity index is 2.31. The second kappa shape index (κ2) is 6.80. The number of hydrogen-bond donors (Lipinski definition) is 2. The van der Waals surface area contributed by atoms with Crippen molar-refractivity contribution in [2.24, 2.45) is 0 Å². The van der Waals surface area contributed by atoms with Crippen molar-refractivity contribution < 1.29 is 9.63 Å². The van der Waals surface area contributed by atoms with Gasteiger partial charge in [-0.3, -0.25) is 9.63 Å². The molecule has 0 aliphatic rings. The minimum absolute atomic E-state index is 0.143. The van der Waals surface area contributed by atoms with E-state index < -0.39 is 5.69 Å². The van der Waals surface area contributed by atoms with Crippen molar-refractivity contribution >= 4 is 5.91 Å². The van der Waals surface area contributed by atoms with Crippen LogP contribution < -0.4 is 11.2 Å². The Morgan fingerprint density at radius 3 is 2.86 bits per heavy atom. The van der Waals surface area contributed by atoms with Crippen molar-refractivity contribution in [1.29, 1.82) is 0 Å². The van der Waals surface area contributed by atoms with Gasteiger partial charge >= 0.3 is 5.69 Å². The monoisotopic (exact) mass is 291 g/mol. The van der Waals surface area contributed by atoms with Crippen LogP contribution in [0.5, 0.6) is 0 Å². The van der Waals surface area contributed by atoms with Gasteiger partial charge in [-0.05, 0) is 28.5 Å². The Hall–Kier alpha value is -2.48. The molecule has 112 valence electrons. The first-order valence-electron chi connectivity index (χ1n) is 6.69. The summed E-state index contributed by atoms with van der Waals surface area (Å²) in [6.07, 6.45) is 1.10. The zero-order valence-electron chi connectivity index (χ0n) is 11.9. The third kappa shape index (κ3) is 3.34. The molecule has 0 aliphatic carbocycles. The highest BCUT2D eigenvalue weighted by Gasteiger charge is 2.13. The largest absolute Gasteiger partial charge is 0.365 e. The van der Waals surface area contributed by atoms with Crippen molar-refractivity contribution in [1.82, 2.24) is 25.7 Å². The highest BCUT2D eigenvalue weighted by molar-refractivity contribution is 5.74. The van der Waals surface area contributed by atoms with E-state index in [-0.39, 0.29) is 12.5 Å². The number of hydroxylamine groups is 1. The summed E-state index contributed by atoms with van der Waals surface area (Å²) in [6, 6.07) is 5.53. The number of carbonyl (C=O) groups is 1. The normalized spacial score (nSPS) is 10.6. The second-order valence-electron chi connectivity index (χ2n) is 4.35. The molecule has 21 heavy (non-hydrogen) atoms. The fourth-order valence-corrected chi connectivity index (χ4v) is 1.93. The first-order chi connectivity index (χ1) is 10.2. The Morgan fingerprint density at radius 1 is 1.43 bits per heavy atom. The van der Waals surface area contributed by atoms with Crippen LogP contribution in [0.25, 0.3) is 5.69 Å². The molecule has 0 aliphatic heterocycles. The summed E-state index contributed by atoms with van der Waals surface area (Å²) >= 11 is 0. The number of nitrogens with one attached hydrogen (secondary N) is 2. The summed E-state index contributed by atoms with van der Waals surface area (Å²) in [5.41, 5.74) is 4.29. The standard InChI is InChI=1S/C13H17N5O3/c1-3-9-6-5-7-11(18-13(20)14-16-17-18)10(9)8-21-15-12(19)4-2/h5-7H,3-4,8H2,1-2H3,(H,15,19)(H,14,17,20). The summed E-state index contributed by atoms with van der Waals surface area (Å²) in [7, 11) is 0. The van der Waals surface area contributed by atoms with Crippen LogP contribution in [-0.4, -0.2) is 26.1 Å². The van der Waals surface area contributed by atoms with Gasteiger partial charge < -0.3 is 0 Å². The lowest BCUT2D eigenvalue weighted by Crippen LogP contribution is -2.24. The van der Waals surface area contributed by atoms with E-state index in [2.05, 4.69) is 21.0 Å². The number of carbonyl (C=O) groups excluding carboxylic acids is 1. The van der Waals surface area contributed by atoms with Crippen LogP contribution in [-0.2, 0) is 22.7 Å². The predicted molar refractivity (Wildman–Crippen MR) is 74.6 cm³/mol. The van der Waals surface area contributed by atoms with Crippen LogP contribution in [0.4, 0.5) is 0 Å². The van der Waals surface area contributed by atoms with Crippen LogP contribution in [0.3, 0.4) is 0 Å². The van der Waals surface area contributed by atoms with Gasteiger partial charge in [0.1, 0.15) is 6.61 Å². The van der Waals surface area contributed by atoms with Crippen LogP contribution in [0, 0.1) is 0 Å². The van der Waals surface area contributed by atoms with Crippen molar-refractivity contribution in [3.05, 3.63) is 39.8 Å². The lowest BCUT2D eigenvalue weighted by Gasteiger charge is -2.13. The van der Waals surface area contributed by atoms with E-state index in [4.69, 9.17) is 4.84 Å². The lowest BCUT2D eigenvalue weighted by molar-refractivity contribution is -0.134. The van der Waals surface area contributed by atoms with Gasteiger partial charge in [0.05, 0.1) is 5.69 Å². The molecule has 0 bridgehead atoms. The molecule has 2 aromatic rings. The zero-order valence-corrected chi connectivity index (χ0v) is 11.9. The van der Waals surface area contributed by atoms with Gasteiger partial charge in [0.25, 0.3) is 0 Å². The van der Waals surface area contributed by atoms with Gasteiger partial charge in [-0.1, -0.05) is 26.0 Å². The van der Waals surface area contributed by atoms with Crippen LogP contribution in [0.15, 0.2) is 23.0 Å². The fraction of sp³-hybridized carbons (Fsp3) is 0.385. The van der Waals surface area contributed by atoms with Gasteiger partial charge in [-0.25, -0.2) is 15.4 Å². The smallest absolute Gasteiger partial charge is 0.273 e. The van der Waals surface area contributed by atoms with E-state index in [0.29, 0.717) is 12.1 Å². The third-order valence-electron chi connectivity index (χ3n) is 3.05. The molecule has 0 radical (unpaired) electrons. The molecular weight excluding hydrogens is 274 g/mol. The summed E-state index contributed by atoms with van der Waals surface area (Å²) in [6.45, 7) is 3.88. The number of rotatable bonds is 6. The minimum atomic E-state index is -0.429. The number of hydrogen-bond acceptors (Lipinski definition) is 5. The zero-order chi connectivity index (χ0) is 15.2. The number of aromatic nitrogens is 4. The summed E-state index contributed by atoms with van der Waals surface area (Å²) in [5, 5.41) is 9.47. The van der Waals surface area contributed by atoms with E-state index in [1.54, 1.807) is 13.0 Å². The number of benzene rings is 1. The lowest BCUT2D eigenvalue weighted by atomic mass is 10.0. The molecule has 1 aromatic carbocycles. The van der Waals surface area contributed by atoms with Crippen molar-refractivity contribution in [2.75, 3.05) is 0 Å². The average Bonchev–Trinajstić information content (AvgIpc) is 2.93. The molecule has 0 saturated carbocycles. The number of nitrogens with zero attached hydrogens (tertiary/aromatic N) is 3. The highest BCUT2D eigenvalue weighted by Crippen LogP contribution is 2.18. The Bertz CT molecular complexity index is 676. The summed E-state index contributed by atoms with van der Waals surface area (Å²) in [5.74, 6) is -0.205. The maximum atomic E-state index is 11.7. The molecule has 8 heteroatoms. The van der Waals surface area contributed by atoms with E-state index in [1.807, 2.05) is 19.1 Å². The fourth-order valence-electron chi connectivity index (χ4n) is 1.93. The maximum Gasteiger partial charge on any atom is 0.365 e. The quantitative estimate of drug-likeness (QED) is 0.753. The molecule has 8 nitrogen and oxygen atoms in total. The topological polar surface area (TPSA) is 102 Å². The van der Waals surface area contributed by atoms with Gasteiger partial charge in [-0.2, -0.15) is 4.68 Å². The minimum Gasteiger partial charge on any atom is -0.273 e. The summed E-state index contributed by atoms with van der Waals surface area (Å²) < 4.78 is 1.17. The van der Waals surface area contributed by atoms with E-state index >= 15 is 0 Å². The van der Waals surface area contributed by atoms with Crippen molar-refractivity contribution in [2.45, 2.75) is 33.3 Å². The Kier molecular flexibility index (Phi) is 4.83. The average molecular weight is 291 g/mol. The van der Waals surface area contributed by atoms with E-state index in [9.17, 15) is 9.59 Å². The molecular formula is C13H17N5O3. The van der Waals surface area contributed by atoms with Crippen LogP contribution in [0.2, 0.25) is 0 Å². The number of amides is 1. The molecule has 1 aromatic heterocycles. The van der Waals surface area contributed by atoms with Crippen LogP contribution in [0.1, 0.15) is 31.4 Å². The molecule has 2 rings (SSSR count). The Labute approximate surface area is 121 Å². The second-order valence-corrected chi connectivity index (χ2v) is 4.35. The molecule has 0 saturated heterocycles. The molecule has 1 heterocycles. The molecule has 0 fully saturated rings. The SMILES string of the molecule is CCC(=O)NOCc1c(CC)cccc1-n1nn[nH]c1=O. The molecule has 0 unspecified atom stereocenters. The number of aryl methyl sites for hydroxylation is 1. The third-order valence-corrected chi connectivity index (χ3v) is 3.05. The maximum absolute atomic E-state index is 11.7. The molecule has 2 N–H and O–H groups in total. The van der Waals surface area contributed by atoms with Gasteiger partial charge in [0.15, 0.2) is 0 Å². The molecule has 0 atom stereocenters. The van der Waals surface area contributed by atoms with Crippen LogP contribution >= 0.6 is 0 Å². The summed E-state index contributed by atoms with van der Waals surface area (Å²) in [4.78, 5) is 28.1. The van der Waals surface area contributed by atoms with Crippen molar-refractivity contribution in [3.63, 3.8) is 0 Å². The Morgan fingerprint density at radius 2 is 2.24 bits per heavy atom. The van der Waals surface area contributed by atoms with E-state index in [0.717, 1.165) is 17.5 Å². The first kappa shape index (κ1) is 14.9. The molecule has 1 amide bonds. The predicted octanol–water partition coefficient (Wildman–Crippen LogP) is 0.476. The molecule has 0 spiro atoms. The van der Waals surface area contributed by atoms with Gasteiger partial charge in [0, 0.05) is 12.0 Å². The number of aromatic amines is 1.